The van der Waals surface area contributed by atoms with Crippen LogP contribution in [0, 0.1) is 0 Å². The number of furan rings is 2. The van der Waals surface area contributed by atoms with Crippen LogP contribution in [0.3, 0.4) is 0 Å². The molecule has 0 bridgehead atoms. The zero-order valence-corrected chi connectivity index (χ0v) is 14.7. The number of hydrogen-bond donors (Lipinski definition) is 0. The quantitative estimate of drug-likeness (QED) is 0.328. The number of rotatable bonds is 0. The van der Waals surface area contributed by atoms with Crippen LogP contribution < -0.4 is 0 Å². The van der Waals surface area contributed by atoms with Crippen molar-refractivity contribution in [3.05, 3.63) is 106 Å². The Labute approximate surface area is 156 Å². The van der Waals surface area contributed by atoms with E-state index in [0.717, 1.165) is 35.5 Å². The summed E-state index contributed by atoms with van der Waals surface area (Å²) < 4.78 is 12.6. The largest absolute Gasteiger partial charge is 0.460 e. The van der Waals surface area contributed by atoms with E-state index in [-0.39, 0.29) is 5.92 Å². The van der Waals surface area contributed by atoms with E-state index in [4.69, 9.17) is 8.83 Å². The van der Waals surface area contributed by atoms with Crippen molar-refractivity contribution in [3.63, 3.8) is 0 Å². The van der Waals surface area contributed by atoms with Gasteiger partial charge in [-0.3, -0.25) is 0 Å². The lowest BCUT2D eigenvalue weighted by Gasteiger charge is -2.31. The van der Waals surface area contributed by atoms with E-state index in [1.54, 1.807) is 0 Å². The highest BCUT2D eigenvalue weighted by Gasteiger charge is 2.39. The minimum absolute atomic E-state index is 0.191. The summed E-state index contributed by atoms with van der Waals surface area (Å²) in [5.74, 6) is 2.39. The molecule has 27 heavy (non-hydrogen) atoms. The first-order valence-electron chi connectivity index (χ1n) is 9.50. The highest BCUT2D eigenvalue weighted by molar-refractivity contribution is 5.90. The molecule has 2 aromatic heterocycles. The summed E-state index contributed by atoms with van der Waals surface area (Å²) in [6.07, 6.45) is 1.74. The number of fused-ring (bicyclic) bond motifs is 8. The molecule has 3 aromatic carbocycles. The monoisotopic (exact) mass is 348 g/mol. The molecule has 0 saturated heterocycles. The number of para-hydroxylation sites is 2. The van der Waals surface area contributed by atoms with Gasteiger partial charge in [-0.15, -0.1) is 0 Å². The van der Waals surface area contributed by atoms with Crippen LogP contribution in [0.25, 0.3) is 21.9 Å². The molecule has 0 aliphatic heterocycles. The molecule has 2 aliphatic carbocycles. The van der Waals surface area contributed by atoms with Gasteiger partial charge >= 0.3 is 0 Å². The molecule has 0 radical (unpaired) electrons. The van der Waals surface area contributed by atoms with Crippen molar-refractivity contribution >= 4 is 21.9 Å². The van der Waals surface area contributed by atoms with Crippen molar-refractivity contribution in [2.45, 2.75) is 18.8 Å². The van der Waals surface area contributed by atoms with Crippen molar-refractivity contribution in [1.29, 1.82) is 0 Å². The third kappa shape index (κ3) is 1.66. The van der Waals surface area contributed by atoms with Crippen LogP contribution >= 0.6 is 0 Å². The van der Waals surface area contributed by atoms with E-state index < -0.39 is 0 Å². The van der Waals surface area contributed by atoms with Gasteiger partial charge in [0.15, 0.2) is 0 Å². The first-order chi connectivity index (χ1) is 13.4. The molecule has 0 spiro atoms. The number of benzene rings is 3. The summed E-state index contributed by atoms with van der Waals surface area (Å²) in [6, 6.07) is 23.6. The van der Waals surface area contributed by atoms with Crippen LogP contribution in [-0.2, 0) is 12.8 Å². The maximum absolute atomic E-state index is 6.32. The second-order valence-corrected chi connectivity index (χ2v) is 7.65. The fraction of sp³-hybridized carbons (Fsp3) is 0.120. The number of hydrogen-bond acceptors (Lipinski definition) is 2. The predicted molar refractivity (Wildman–Crippen MR) is 105 cm³/mol. The lowest BCUT2D eigenvalue weighted by molar-refractivity contribution is 0.530. The van der Waals surface area contributed by atoms with Crippen molar-refractivity contribution in [1.82, 2.24) is 0 Å². The zero-order valence-electron chi connectivity index (χ0n) is 14.7. The first kappa shape index (κ1) is 13.9. The van der Waals surface area contributed by atoms with Gasteiger partial charge in [0.25, 0.3) is 0 Å². The van der Waals surface area contributed by atoms with Crippen LogP contribution in [0.5, 0.6) is 0 Å². The molecule has 0 amide bonds. The molecule has 0 saturated carbocycles. The molecule has 5 aromatic rings. The standard InChI is InChI=1S/C25H16O2/c1-3-10-18-16(8-1)23-20(26-18)12-14-6-5-7-15-13-21-24(25(23)22(14)15)17-9-2-4-11-19(17)27-21/h1-11,25H,12-13H2. The van der Waals surface area contributed by atoms with Crippen LogP contribution in [0.1, 0.15) is 45.3 Å². The molecule has 128 valence electrons. The van der Waals surface area contributed by atoms with Crippen LogP contribution in [0.4, 0.5) is 0 Å². The van der Waals surface area contributed by atoms with E-state index in [0.29, 0.717) is 0 Å². The Morgan fingerprint density at radius 3 is 1.63 bits per heavy atom. The molecule has 7 rings (SSSR count). The molecule has 0 N–H and O–H groups in total. The van der Waals surface area contributed by atoms with Gasteiger partial charge in [0, 0.05) is 40.7 Å². The van der Waals surface area contributed by atoms with Crippen LogP contribution in [-0.4, -0.2) is 0 Å². The average Bonchev–Trinajstić information content (AvgIpc) is 3.25. The molecule has 0 unspecified atom stereocenters. The lowest BCUT2D eigenvalue weighted by atomic mass is 9.70. The van der Waals surface area contributed by atoms with E-state index in [9.17, 15) is 0 Å². The van der Waals surface area contributed by atoms with E-state index in [2.05, 4.69) is 66.7 Å². The summed E-state index contributed by atoms with van der Waals surface area (Å²) in [5, 5.41) is 2.46. The van der Waals surface area contributed by atoms with Gasteiger partial charge in [-0.05, 0) is 28.8 Å². The van der Waals surface area contributed by atoms with Crippen molar-refractivity contribution in [2.75, 3.05) is 0 Å². The van der Waals surface area contributed by atoms with Gasteiger partial charge in [-0.25, -0.2) is 0 Å². The van der Waals surface area contributed by atoms with Gasteiger partial charge in [0.1, 0.15) is 22.7 Å². The lowest BCUT2D eigenvalue weighted by Crippen LogP contribution is -2.20. The van der Waals surface area contributed by atoms with Crippen molar-refractivity contribution in [3.8, 4) is 0 Å². The van der Waals surface area contributed by atoms with Crippen molar-refractivity contribution < 1.29 is 8.83 Å². The normalized spacial score (nSPS) is 15.0. The highest BCUT2D eigenvalue weighted by Crippen LogP contribution is 2.52. The molecule has 0 fully saturated rings. The molecule has 2 heterocycles. The third-order valence-electron chi connectivity index (χ3n) is 6.28. The SMILES string of the molecule is c1cc2c3c(c1)Cc1oc4ccccc4c1C3c1c(oc3ccccc13)C2. The van der Waals surface area contributed by atoms with Gasteiger partial charge in [0.2, 0.25) is 0 Å². The molecule has 0 atom stereocenters. The van der Waals surface area contributed by atoms with E-state index >= 15 is 0 Å². The maximum Gasteiger partial charge on any atom is 0.134 e. The minimum atomic E-state index is 0.191. The van der Waals surface area contributed by atoms with Crippen LogP contribution in [0.2, 0.25) is 0 Å². The fourth-order valence-corrected chi connectivity index (χ4v) is 5.25. The average molecular weight is 348 g/mol. The van der Waals surface area contributed by atoms with Crippen LogP contribution in [0.15, 0.2) is 75.6 Å². The maximum atomic E-state index is 6.32. The Kier molecular flexibility index (Phi) is 2.42. The summed E-state index contributed by atoms with van der Waals surface area (Å²) in [4.78, 5) is 0. The Bertz CT molecular complexity index is 1280. The van der Waals surface area contributed by atoms with Gasteiger partial charge < -0.3 is 8.83 Å². The van der Waals surface area contributed by atoms with E-state index in [1.165, 1.54) is 38.6 Å². The Balaban J connectivity index is 1.66. The predicted octanol–water partition coefficient (Wildman–Crippen LogP) is 6.17. The second kappa shape index (κ2) is 4.72. The van der Waals surface area contributed by atoms with Gasteiger partial charge in [-0.2, -0.15) is 0 Å². The summed E-state index contributed by atoms with van der Waals surface area (Å²) in [6.45, 7) is 0. The molecule has 2 nitrogen and oxygen atoms in total. The molecule has 2 heteroatoms. The van der Waals surface area contributed by atoms with Gasteiger partial charge in [-0.1, -0.05) is 54.6 Å². The smallest absolute Gasteiger partial charge is 0.134 e. The fourth-order valence-electron chi connectivity index (χ4n) is 5.25. The molecule has 2 aliphatic rings. The van der Waals surface area contributed by atoms with E-state index in [1.807, 2.05) is 0 Å². The topological polar surface area (TPSA) is 26.3 Å². The zero-order chi connectivity index (χ0) is 17.5. The summed E-state index contributed by atoms with van der Waals surface area (Å²) in [5.41, 5.74) is 8.88. The minimum Gasteiger partial charge on any atom is -0.460 e. The Morgan fingerprint density at radius 1 is 0.556 bits per heavy atom. The Morgan fingerprint density at radius 2 is 1.07 bits per heavy atom. The highest BCUT2D eigenvalue weighted by atomic mass is 16.3. The summed E-state index contributed by atoms with van der Waals surface area (Å²) in [7, 11) is 0. The van der Waals surface area contributed by atoms with Gasteiger partial charge in [0.05, 0.1) is 0 Å². The van der Waals surface area contributed by atoms with Crippen molar-refractivity contribution in [2.24, 2.45) is 0 Å². The molecular formula is C25H16O2. The Hall–Kier alpha value is -3.26. The molecular weight excluding hydrogens is 332 g/mol. The summed E-state index contributed by atoms with van der Waals surface area (Å²) >= 11 is 0. The first-order valence-corrected chi connectivity index (χ1v) is 9.50. The second-order valence-electron chi connectivity index (χ2n) is 7.65. The third-order valence-corrected chi connectivity index (χ3v) is 6.28.